The van der Waals surface area contributed by atoms with Crippen molar-refractivity contribution in [2.45, 2.75) is 45.4 Å². The fourth-order valence-electron chi connectivity index (χ4n) is 5.74. The maximum absolute atomic E-state index is 13.1. The van der Waals surface area contributed by atoms with Crippen molar-refractivity contribution in [3.63, 3.8) is 0 Å². The monoisotopic (exact) mass is 447 g/mol. The Bertz CT molecular complexity index is 993. The summed E-state index contributed by atoms with van der Waals surface area (Å²) in [5.74, 6) is 1.00. The second kappa shape index (κ2) is 8.51. The van der Waals surface area contributed by atoms with Gasteiger partial charge in [0.05, 0.1) is 0 Å². The molecule has 3 fully saturated rings. The number of nitrogens with one attached hydrogen (secondary N) is 1. The second-order valence-electron chi connectivity index (χ2n) is 10.2. The number of rotatable bonds is 3. The number of likely N-dealkylation sites (tertiary alicyclic amines) is 2. The molecule has 1 aliphatic carbocycles. The van der Waals surface area contributed by atoms with E-state index in [0.717, 1.165) is 62.7 Å². The molecule has 2 aromatic carbocycles. The smallest absolute Gasteiger partial charge is 0.226 e. The lowest BCUT2D eigenvalue weighted by Gasteiger charge is -2.40. The third-order valence-corrected chi connectivity index (χ3v) is 8.03. The van der Waals surface area contributed by atoms with Crippen molar-refractivity contribution in [3.8, 4) is 0 Å². The SMILES string of the molecule is Cc1cc(C)cc(NC(=S)N2CCC3(CCN(C(=O)C4CC4c4ccccc4)C3)CC2)c1. The van der Waals surface area contributed by atoms with E-state index in [2.05, 4.69) is 71.4 Å². The summed E-state index contributed by atoms with van der Waals surface area (Å²) in [4.78, 5) is 17.6. The number of nitrogens with zero attached hydrogens (tertiary/aromatic N) is 2. The summed E-state index contributed by atoms with van der Waals surface area (Å²) >= 11 is 5.72. The molecule has 5 heteroatoms. The first-order valence-electron chi connectivity index (χ1n) is 11.9. The summed E-state index contributed by atoms with van der Waals surface area (Å²) < 4.78 is 0. The molecule has 1 amide bonds. The molecular formula is C27H33N3OS. The third-order valence-electron chi connectivity index (χ3n) is 7.67. The number of piperidine rings is 1. The molecular weight excluding hydrogens is 414 g/mol. The first-order valence-corrected chi connectivity index (χ1v) is 12.3. The van der Waals surface area contributed by atoms with Gasteiger partial charge in [-0.2, -0.15) is 0 Å². The minimum Gasteiger partial charge on any atom is -0.349 e. The van der Waals surface area contributed by atoms with Crippen molar-refractivity contribution in [2.75, 3.05) is 31.5 Å². The highest BCUT2D eigenvalue weighted by molar-refractivity contribution is 7.80. The molecule has 32 heavy (non-hydrogen) atoms. The van der Waals surface area contributed by atoms with Gasteiger partial charge in [-0.3, -0.25) is 4.79 Å². The molecule has 2 atom stereocenters. The minimum absolute atomic E-state index is 0.196. The molecule has 1 spiro atoms. The van der Waals surface area contributed by atoms with Gasteiger partial charge in [-0.05, 0) is 91.9 Å². The number of benzene rings is 2. The van der Waals surface area contributed by atoms with Gasteiger partial charge >= 0.3 is 0 Å². The van der Waals surface area contributed by atoms with Crippen LogP contribution in [0.15, 0.2) is 48.5 Å². The lowest BCUT2D eigenvalue weighted by Crippen LogP contribution is -2.46. The predicted molar refractivity (Wildman–Crippen MR) is 134 cm³/mol. The van der Waals surface area contributed by atoms with Gasteiger partial charge in [0.25, 0.3) is 0 Å². The van der Waals surface area contributed by atoms with Gasteiger partial charge in [-0.15, -0.1) is 0 Å². The first-order chi connectivity index (χ1) is 15.4. The van der Waals surface area contributed by atoms with Crippen LogP contribution in [0.3, 0.4) is 0 Å². The maximum Gasteiger partial charge on any atom is 0.226 e. The standard InChI is InChI=1S/C27H33N3OS/c1-19-14-20(2)16-22(15-19)28-26(32)29-11-8-27(9-12-29)10-13-30(18-27)25(31)24-17-23(24)21-6-4-3-5-7-21/h3-7,14-16,23-24H,8-13,17-18H2,1-2H3,(H,28,32). The number of amides is 1. The Hall–Kier alpha value is -2.40. The molecule has 5 rings (SSSR count). The Morgan fingerprint density at radius 3 is 2.25 bits per heavy atom. The molecule has 1 N–H and O–H groups in total. The van der Waals surface area contributed by atoms with E-state index in [0.29, 0.717) is 11.8 Å². The van der Waals surface area contributed by atoms with Crippen molar-refractivity contribution >= 4 is 28.9 Å². The Kier molecular flexibility index (Phi) is 5.70. The van der Waals surface area contributed by atoms with Crippen LogP contribution in [0, 0.1) is 25.2 Å². The van der Waals surface area contributed by atoms with E-state index >= 15 is 0 Å². The van der Waals surface area contributed by atoms with E-state index < -0.39 is 0 Å². The molecule has 2 aliphatic heterocycles. The number of anilines is 1. The lowest BCUT2D eigenvalue weighted by atomic mass is 9.78. The Morgan fingerprint density at radius 2 is 1.59 bits per heavy atom. The Morgan fingerprint density at radius 1 is 0.969 bits per heavy atom. The van der Waals surface area contributed by atoms with E-state index in [-0.39, 0.29) is 11.3 Å². The van der Waals surface area contributed by atoms with Crippen molar-refractivity contribution in [2.24, 2.45) is 11.3 Å². The van der Waals surface area contributed by atoms with Crippen LogP contribution in [0.1, 0.15) is 48.3 Å². The quantitative estimate of drug-likeness (QED) is 0.663. The van der Waals surface area contributed by atoms with E-state index in [1.54, 1.807) is 0 Å². The number of carbonyl (C=O) groups excluding carboxylic acids is 1. The normalized spacial score (nSPS) is 23.9. The highest BCUT2D eigenvalue weighted by Crippen LogP contribution is 2.50. The van der Waals surface area contributed by atoms with Crippen molar-refractivity contribution in [1.29, 1.82) is 0 Å². The van der Waals surface area contributed by atoms with Gasteiger partial charge in [0, 0.05) is 37.8 Å². The molecule has 2 saturated heterocycles. The fourth-order valence-corrected chi connectivity index (χ4v) is 6.04. The topological polar surface area (TPSA) is 35.6 Å². The summed E-state index contributed by atoms with van der Waals surface area (Å²) in [7, 11) is 0. The fraction of sp³-hybridized carbons (Fsp3) is 0.481. The van der Waals surface area contributed by atoms with E-state index in [9.17, 15) is 4.79 Å². The van der Waals surface area contributed by atoms with Crippen LogP contribution in [0.25, 0.3) is 0 Å². The van der Waals surface area contributed by atoms with Crippen LogP contribution in [0.4, 0.5) is 5.69 Å². The summed E-state index contributed by atoms with van der Waals surface area (Å²) in [6.45, 7) is 8.01. The average molecular weight is 448 g/mol. The van der Waals surface area contributed by atoms with Gasteiger partial charge in [-0.25, -0.2) is 0 Å². The largest absolute Gasteiger partial charge is 0.349 e. The number of thiocarbonyl (C=S) groups is 1. The van der Waals surface area contributed by atoms with Gasteiger partial charge in [0.1, 0.15) is 0 Å². The first kappa shape index (κ1) is 21.4. The zero-order valence-corrected chi connectivity index (χ0v) is 20.0. The molecule has 4 nitrogen and oxygen atoms in total. The summed E-state index contributed by atoms with van der Waals surface area (Å²) in [5.41, 5.74) is 5.15. The molecule has 0 bridgehead atoms. The molecule has 2 aromatic rings. The van der Waals surface area contributed by atoms with Crippen molar-refractivity contribution in [1.82, 2.24) is 9.80 Å². The Labute approximate surface area is 197 Å². The summed E-state index contributed by atoms with van der Waals surface area (Å²) in [6, 6.07) is 17.0. The van der Waals surface area contributed by atoms with Crippen LogP contribution >= 0.6 is 12.2 Å². The number of carbonyl (C=O) groups is 1. The molecule has 0 aromatic heterocycles. The van der Waals surface area contributed by atoms with Crippen LogP contribution in [-0.2, 0) is 4.79 Å². The van der Waals surface area contributed by atoms with Crippen molar-refractivity contribution in [3.05, 3.63) is 65.2 Å². The molecule has 1 saturated carbocycles. The van der Waals surface area contributed by atoms with Crippen molar-refractivity contribution < 1.29 is 4.79 Å². The van der Waals surface area contributed by atoms with Crippen LogP contribution < -0.4 is 5.32 Å². The van der Waals surface area contributed by atoms with Crippen LogP contribution in [0.2, 0.25) is 0 Å². The second-order valence-corrected chi connectivity index (χ2v) is 10.5. The third kappa shape index (κ3) is 4.40. The zero-order chi connectivity index (χ0) is 22.3. The highest BCUT2D eigenvalue weighted by atomic mass is 32.1. The highest BCUT2D eigenvalue weighted by Gasteiger charge is 2.49. The average Bonchev–Trinajstić information content (AvgIpc) is 3.48. The zero-order valence-electron chi connectivity index (χ0n) is 19.1. The van der Waals surface area contributed by atoms with Gasteiger partial charge < -0.3 is 15.1 Å². The molecule has 168 valence electrons. The van der Waals surface area contributed by atoms with Crippen LogP contribution in [0.5, 0.6) is 0 Å². The molecule has 3 aliphatic rings. The molecule has 2 heterocycles. The number of hydrogen-bond donors (Lipinski definition) is 1. The summed E-state index contributed by atoms with van der Waals surface area (Å²) in [5, 5.41) is 4.25. The lowest BCUT2D eigenvalue weighted by molar-refractivity contribution is -0.132. The van der Waals surface area contributed by atoms with Gasteiger partial charge in [-0.1, -0.05) is 36.4 Å². The molecule has 2 unspecified atom stereocenters. The van der Waals surface area contributed by atoms with Crippen LogP contribution in [-0.4, -0.2) is 47.0 Å². The van der Waals surface area contributed by atoms with Gasteiger partial charge in [0.2, 0.25) is 5.91 Å². The van der Waals surface area contributed by atoms with E-state index in [1.165, 1.54) is 16.7 Å². The number of hydrogen-bond acceptors (Lipinski definition) is 2. The summed E-state index contributed by atoms with van der Waals surface area (Å²) in [6.07, 6.45) is 4.36. The Balaban J connectivity index is 1.13. The predicted octanol–water partition coefficient (Wildman–Crippen LogP) is 5.12. The van der Waals surface area contributed by atoms with E-state index in [1.807, 2.05) is 6.07 Å². The minimum atomic E-state index is 0.196. The maximum atomic E-state index is 13.1. The number of aryl methyl sites for hydroxylation is 2. The molecule has 0 radical (unpaired) electrons. The van der Waals surface area contributed by atoms with E-state index in [4.69, 9.17) is 12.2 Å². The van der Waals surface area contributed by atoms with Gasteiger partial charge in [0.15, 0.2) is 5.11 Å².